The molecular weight excluding hydrogens is 368 g/mol. The number of fused-ring (bicyclic) bond motifs is 1. The molecule has 1 saturated carbocycles. The molecule has 154 valence electrons. The van der Waals surface area contributed by atoms with Gasteiger partial charge >= 0.3 is 0 Å². The molecule has 0 unspecified atom stereocenters. The van der Waals surface area contributed by atoms with Crippen molar-refractivity contribution in [1.82, 2.24) is 15.3 Å². The number of hydrogen-bond acceptors (Lipinski definition) is 6. The van der Waals surface area contributed by atoms with Crippen molar-refractivity contribution in [1.29, 1.82) is 0 Å². The van der Waals surface area contributed by atoms with Crippen molar-refractivity contribution in [2.45, 2.75) is 51.1 Å². The van der Waals surface area contributed by atoms with Crippen LogP contribution in [0.4, 0.5) is 5.95 Å². The molecule has 0 atom stereocenters. The monoisotopic (exact) mass is 396 g/mol. The highest BCUT2D eigenvalue weighted by Gasteiger charge is 2.23. The first-order chi connectivity index (χ1) is 14.2. The van der Waals surface area contributed by atoms with Gasteiger partial charge in [0.2, 0.25) is 5.95 Å². The molecule has 7 heteroatoms. The van der Waals surface area contributed by atoms with Crippen molar-refractivity contribution in [3.8, 4) is 11.5 Å². The molecule has 1 aliphatic heterocycles. The minimum absolute atomic E-state index is 0.107. The number of nitrogens with zero attached hydrogens (tertiary/aromatic N) is 3. The molecule has 1 N–H and O–H groups in total. The summed E-state index contributed by atoms with van der Waals surface area (Å²) in [6.07, 6.45) is 8.26. The summed E-state index contributed by atoms with van der Waals surface area (Å²) in [7, 11) is 3.29. The van der Waals surface area contributed by atoms with Crippen LogP contribution in [0.1, 0.15) is 53.7 Å². The maximum atomic E-state index is 12.7. The van der Waals surface area contributed by atoms with Crippen molar-refractivity contribution in [2.75, 3.05) is 25.7 Å². The fourth-order valence-electron chi connectivity index (χ4n) is 4.19. The zero-order valence-corrected chi connectivity index (χ0v) is 17.1. The van der Waals surface area contributed by atoms with E-state index in [1.54, 1.807) is 26.5 Å². The van der Waals surface area contributed by atoms with Crippen molar-refractivity contribution < 1.29 is 14.3 Å². The van der Waals surface area contributed by atoms with Crippen molar-refractivity contribution in [3.05, 3.63) is 41.2 Å². The molecule has 1 aromatic carbocycles. The first-order valence-electron chi connectivity index (χ1n) is 10.3. The van der Waals surface area contributed by atoms with E-state index in [1.807, 2.05) is 12.1 Å². The fourth-order valence-corrected chi connectivity index (χ4v) is 4.19. The molecule has 29 heavy (non-hydrogen) atoms. The Hall–Kier alpha value is -2.83. The van der Waals surface area contributed by atoms with Crippen LogP contribution in [0.2, 0.25) is 0 Å². The highest BCUT2D eigenvalue weighted by Crippen LogP contribution is 2.33. The first kappa shape index (κ1) is 19.5. The lowest BCUT2D eigenvalue weighted by Crippen LogP contribution is -2.37. The van der Waals surface area contributed by atoms with Crippen molar-refractivity contribution >= 4 is 11.9 Å². The van der Waals surface area contributed by atoms with E-state index in [1.165, 1.54) is 24.8 Å². The zero-order valence-electron chi connectivity index (χ0n) is 17.1. The Morgan fingerprint density at radius 1 is 1.10 bits per heavy atom. The van der Waals surface area contributed by atoms with E-state index in [4.69, 9.17) is 9.47 Å². The lowest BCUT2D eigenvalue weighted by atomic mass is 9.95. The number of carbonyl (C=O) groups is 1. The number of nitrogens with one attached hydrogen (secondary N) is 1. The summed E-state index contributed by atoms with van der Waals surface area (Å²) < 4.78 is 10.8. The molecule has 1 amide bonds. The predicted octanol–water partition coefficient (Wildman–Crippen LogP) is 3.12. The molecule has 0 saturated heterocycles. The van der Waals surface area contributed by atoms with Gasteiger partial charge in [-0.3, -0.25) is 4.79 Å². The highest BCUT2D eigenvalue weighted by molar-refractivity contribution is 5.92. The van der Waals surface area contributed by atoms with Crippen LogP contribution in [0.3, 0.4) is 0 Å². The third-order valence-corrected chi connectivity index (χ3v) is 5.82. The molecule has 7 nitrogen and oxygen atoms in total. The second-order valence-electron chi connectivity index (χ2n) is 7.70. The van der Waals surface area contributed by atoms with Gasteiger partial charge < -0.3 is 19.7 Å². The van der Waals surface area contributed by atoms with Crippen molar-refractivity contribution in [2.24, 2.45) is 0 Å². The van der Waals surface area contributed by atoms with Gasteiger partial charge in [-0.15, -0.1) is 0 Å². The summed E-state index contributed by atoms with van der Waals surface area (Å²) in [6.45, 7) is 1.46. The van der Waals surface area contributed by atoms with E-state index in [-0.39, 0.29) is 11.9 Å². The summed E-state index contributed by atoms with van der Waals surface area (Å²) >= 11 is 0. The summed E-state index contributed by atoms with van der Waals surface area (Å²) in [5, 5.41) is 3.13. The van der Waals surface area contributed by atoms with Crippen LogP contribution in [0, 0.1) is 0 Å². The van der Waals surface area contributed by atoms with E-state index in [0.29, 0.717) is 18.2 Å². The van der Waals surface area contributed by atoms with Crippen LogP contribution in [-0.2, 0) is 13.0 Å². The van der Waals surface area contributed by atoms with Gasteiger partial charge in [0.05, 0.1) is 14.2 Å². The summed E-state index contributed by atoms with van der Waals surface area (Å²) in [5.41, 5.74) is 2.83. The number of hydrogen-bond donors (Lipinski definition) is 1. The molecule has 2 heterocycles. The summed E-state index contributed by atoms with van der Waals surface area (Å²) in [6, 6.07) is 6.01. The zero-order chi connectivity index (χ0) is 20.2. The second kappa shape index (κ2) is 8.68. The van der Waals surface area contributed by atoms with Crippen LogP contribution >= 0.6 is 0 Å². The first-order valence-corrected chi connectivity index (χ1v) is 10.3. The number of aromatic nitrogens is 2. The quantitative estimate of drug-likeness (QED) is 0.837. The fraction of sp³-hybridized carbons (Fsp3) is 0.500. The number of methoxy groups -OCH3 is 2. The standard InChI is InChI=1S/C22H28N4O3/c1-28-19-12-15-9-11-26(14-16(15)13-20(19)29-2)22-23-10-8-18(25-22)21(27)24-17-6-4-3-5-7-17/h8,10,12-13,17H,3-7,9,11,14H2,1-2H3,(H,24,27). The third-order valence-electron chi connectivity index (χ3n) is 5.82. The molecular formula is C22H28N4O3. The molecule has 0 spiro atoms. The number of amides is 1. The molecule has 1 fully saturated rings. The lowest BCUT2D eigenvalue weighted by molar-refractivity contribution is 0.0922. The Morgan fingerprint density at radius 3 is 2.55 bits per heavy atom. The molecule has 2 aromatic rings. The van der Waals surface area contributed by atoms with Crippen LogP contribution in [0.5, 0.6) is 11.5 Å². The van der Waals surface area contributed by atoms with Gasteiger partial charge in [0.1, 0.15) is 5.69 Å². The maximum Gasteiger partial charge on any atom is 0.270 e. The molecule has 0 bridgehead atoms. The topological polar surface area (TPSA) is 76.6 Å². The highest BCUT2D eigenvalue weighted by atomic mass is 16.5. The smallest absolute Gasteiger partial charge is 0.270 e. The normalized spacial score (nSPS) is 16.8. The SMILES string of the molecule is COc1cc2c(cc1OC)CN(c1nccc(C(=O)NC3CCCCC3)n1)CC2. The van der Waals surface area contributed by atoms with Gasteiger partial charge in [0.25, 0.3) is 5.91 Å². The summed E-state index contributed by atoms with van der Waals surface area (Å²) in [4.78, 5) is 23.7. The van der Waals surface area contributed by atoms with Gasteiger partial charge in [-0.05, 0) is 48.6 Å². The van der Waals surface area contributed by atoms with Crippen molar-refractivity contribution in [3.63, 3.8) is 0 Å². The Morgan fingerprint density at radius 2 is 1.83 bits per heavy atom. The van der Waals surface area contributed by atoms with Gasteiger partial charge in [-0.2, -0.15) is 0 Å². The largest absolute Gasteiger partial charge is 0.493 e. The van der Waals surface area contributed by atoms with Crippen LogP contribution < -0.4 is 19.7 Å². The minimum Gasteiger partial charge on any atom is -0.493 e. The molecule has 1 aromatic heterocycles. The van der Waals surface area contributed by atoms with Gasteiger partial charge in [0.15, 0.2) is 11.5 Å². The predicted molar refractivity (Wildman–Crippen MR) is 111 cm³/mol. The van der Waals surface area contributed by atoms with Crippen LogP contribution in [0.25, 0.3) is 0 Å². The number of anilines is 1. The summed E-state index contributed by atoms with van der Waals surface area (Å²) in [5.74, 6) is 1.94. The van der Waals surface area contributed by atoms with E-state index in [2.05, 4.69) is 20.2 Å². The molecule has 4 rings (SSSR count). The van der Waals surface area contributed by atoms with Gasteiger partial charge in [0, 0.05) is 25.3 Å². The molecule has 2 aliphatic rings. The Kier molecular flexibility index (Phi) is 5.83. The molecule has 1 aliphatic carbocycles. The van der Waals surface area contributed by atoms with Gasteiger partial charge in [-0.1, -0.05) is 19.3 Å². The Labute approximate surface area is 171 Å². The number of benzene rings is 1. The average Bonchev–Trinajstić information content (AvgIpc) is 2.78. The minimum atomic E-state index is -0.107. The number of carbonyl (C=O) groups excluding carboxylic acids is 1. The number of rotatable bonds is 5. The number of ether oxygens (including phenoxy) is 2. The lowest BCUT2D eigenvalue weighted by Gasteiger charge is -2.29. The van der Waals surface area contributed by atoms with Crippen LogP contribution in [-0.4, -0.2) is 42.7 Å². The average molecular weight is 396 g/mol. The molecule has 0 radical (unpaired) electrons. The Bertz CT molecular complexity index is 880. The van der Waals surface area contributed by atoms with E-state index in [9.17, 15) is 4.79 Å². The van der Waals surface area contributed by atoms with E-state index >= 15 is 0 Å². The van der Waals surface area contributed by atoms with E-state index < -0.39 is 0 Å². The van der Waals surface area contributed by atoms with Crippen LogP contribution in [0.15, 0.2) is 24.4 Å². The maximum absolute atomic E-state index is 12.7. The Balaban J connectivity index is 1.49. The van der Waals surface area contributed by atoms with Gasteiger partial charge in [-0.25, -0.2) is 9.97 Å². The second-order valence-corrected chi connectivity index (χ2v) is 7.70. The third kappa shape index (κ3) is 4.28. The van der Waals surface area contributed by atoms with E-state index in [0.717, 1.165) is 42.9 Å².